The van der Waals surface area contributed by atoms with Gasteiger partial charge < -0.3 is 41.9 Å². The fourth-order valence-electron chi connectivity index (χ4n) is 5.39. The van der Waals surface area contributed by atoms with Crippen LogP contribution in [0.5, 0.6) is 0 Å². The summed E-state index contributed by atoms with van der Waals surface area (Å²) < 4.78 is 0. The summed E-state index contributed by atoms with van der Waals surface area (Å²) in [6.45, 7) is 6.82. The Morgan fingerprint density at radius 1 is 0.860 bits per heavy atom. The Morgan fingerprint density at radius 2 is 1.47 bits per heavy atom. The molecular weight excluding hydrogens is 562 g/mol. The highest BCUT2D eigenvalue weighted by Crippen LogP contribution is 2.21. The first-order valence-electron chi connectivity index (χ1n) is 15.0. The van der Waals surface area contributed by atoms with E-state index in [0.29, 0.717) is 45.1 Å². The topological polar surface area (TPSA) is 220 Å². The van der Waals surface area contributed by atoms with Gasteiger partial charge in [0.05, 0.1) is 13.1 Å². The molecule has 7 N–H and O–H groups in total. The van der Waals surface area contributed by atoms with E-state index in [9.17, 15) is 33.6 Å². The third kappa shape index (κ3) is 10.2. The molecule has 0 saturated carbocycles. The van der Waals surface area contributed by atoms with Gasteiger partial charge in [-0.1, -0.05) is 34.1 Å². The van der Waals surface area contributed by atoms with Crippen molar-refractivity contribution in [3.63, 3.8) is 0 Å². The molecule has 0 radical (unpaired) electrons. The molecule has 5 atom stereocenters. The van der Waals surface area contributed by atoms with Crippen LogP contribution in [0.2, 0.25) is 0 Å². The van der Waals surface area contributed by atoms with Crippen LogP contribution in [0.4, 0.5) is 0 Å². The van der Waals surface area contributed by atoms with Crippen molar-refractivity contribution in [3.05, 3.63) is 0 Å². The Kier molecular flexibility index (Phi) is 13.8. The van der Waals surface area contributed by atoms with Gasteiger partial charge in [-0.15, -0.1) is 0 Å². The molecule has 0 aliphatic carbocycles. The summed E-state index contributed by atoms with van der Waals surface area (Å²) in [5.41, 5.74) is 5.41. The zero-order valence-electron chi connectivity index (χ0n) is 25.5. The number of aliphatic carboxylic acids is 1. The highest BCUT2D eigenvalue weighted by Gasteiger charge is 2.40. The van der Waals surface area contributed by atoms with E-state index >= 15 is 0 Å². The summed E-state index contributed by atoms with van der Waals surface area (Å²) in [6, 6.07) is -3.45. The van der Waals surface area contributed by atoms with Crippen LogP contribution in [-0.4, -0.2) is 113 Å². The molecule has 2 heterocycles. The van der Waals surface area contributed by atoms with Gasteiger partial charge in [-0.05, 0) is 43.9 Å². The molecule has 15 heteroatoms. The first kappa shape index (κ1) is 35.4. The van der Waals surface area contributed by atoms with Crippen LogP contribution >= 0.6 is 0 Å². The molecule has 0 aromatic heterocycles. The highest BCUT2D eigenvalue weighted by molar-refractivity contribution is 5.96. The van der Waals surface area contributed by atoms with E-state index in [1.165, 1.54) is 9.80 Å². The van der Waals surface area contributed by atoms with Gasteiger partial charge in [0.15, 0.2) is 0 Å². The molecule has 2 aliphatic heterocycles. The second-order valence-corrected chi connectivity index (χ2v) is 11.6. The predicted octanol–water partition coefficient (Wildman–Crippen LogP) is -1.69. The Labute approximate surface area is 252 Å². The third-order valence-electron chi connectivity index (χ3n) is 7.86. The molecular formula is C28H47N7O8. The molecule has 0 bridgehead atoms. The molecule has 2 rings (SSSR count). The van der Waals surface area contributed by atoms with Gasteiger partial charge in [0, 0.05) is 13.1 Å². The van der Waals surface area contributed by atoms with Crippen molar-refractivity contribution in [3.8, 4) is 0 Å². The van der Waals surface area contributed by atoms with Crippen LogP contribution in [0, 0.1) is 11.8 Å². The van der Waals surface area contributed by atoms with Crippen LogP contribution in [-0.2, 0) is 33.6 Å². The summed E-state index contributed by atoms with van der Waals surface area (Å²) in [4.78, 5) is 90.8. The largest absolute Gasteiger partial charge is 0.480 e. The maximum absolute atomic E-state index is 13.3. The monoisotopic (exact) mass is 609 g/mol. The molecule has 6 amide bonds. The van der Waals surface area contributed by atoms with Gasteiger partial charge in [-0.25, -0.2) is 0 Å². The van der Waals surface area contributed by atoms with Crippen LogP contribution in [0.25, 0.3) is 0 Å². The van der Waals surface area contributed by atoms with Gasteiger partial charge in [0.2, 0.25) is 35.4 Å². The van der Waals surface area contributed by atoms with E-state index in [1.807, 2.05) is 20.8 Å². The molecule has 2 fully saturated rings. The number of hydrogen-bond donors (Lipinski definition) is 6. The quantitative estimate of drug-likeness (QED) is 0.124. The zero-order valence-corrected chi connectivity index (χ0v) is 25.5. The number of carbonyl (C=O) groups is 7. The number of carboxylic acid groups (broad SMARTS) is 1. The van der Waals surface area contributed by atoms with Crippen molar-refractivity contribution < 1.29 is 38.7 Å². The van der Waals surface area contributed by atoms with Gasteiger partial charge in [-0.3, -0.25) is 33.6 Å². The molecule has 15 nitrogen and oxygen atoms in total. The number of nitrogens with two attached hydrogens (primary N) is 1. The van der Waals surface area contributed by atoms with E-state index in [1.54, 1.807) is 6.92 Å². The average molecular weight is 610 g/mol. The van der Waals surface area contributed by atoms with Gasteiger partial charge in [-0.2, -0.15) is 0 Å². The smallest absolute Gasteiger partial charge is 0.322 e. The third-order valence-corrected chi connectivity index (χ3v) is 7.86. The highest BCUT2D eigenvalue weighted by atomic mass is 16.4. The number of carboxylic acids is 1. The fourth-order valence-corrected chi connectivity index (χ4v) is 5.39. The molecule has 0 spiro atoms. The van der Waals surface area contributed by atoms with Crippen molar-refractivity contribution in [2.24, 2.45) is 17.6 Å². The molecule has 2 saturated heterocycles. The lowest BCUT2D eigenvalue weighted by Gasteiger charge is -2.30. The zero-order chi connectivity index (χ0) is 32.3. The minimum absolute atomic E-state index is 0.102. The SMILES string of the molecule is CC[C@H](C)[C@H](NC(=O)[C@@H]1CCCN1C(=O)CNC(=O)[C@@H]1CCCN1C(=O)[C@H](CC(C)C)NC(=O)CN)C(=O)NCC(=O)O. The number of rotatable bonds is 15. The lowest BCUT2D eigenvalue weighted by molar-refractivity contribution is -0.143. The van der Waals surface area contributed by atoms with Gasteiger partial charge in [0.1, 0.15) is 30.7 Å². The van der Waals surface area contributed by atoms with Crippen LogP contribution in [0.1, 0.15) is 66.2 Å². The summed E-state index contributed by atoms with van der Waals surface area (Å²) in [5, 5.41) is 19.1. The number of nitrogens with one attached hydrogen (secondary N) is 4. The maximum atomic E-state index is 13.3. The van der Waals surface area contributed by atoms with Crippen LogP contribution in [0.3, 0.4) is 0 Å². The van der Waals surface area contributed by atoms with Gasteiger partial charge >= 0.3 is 5.97 Å². The van der Waals surface area contributed by atoms with E-state index in [2.05, 4.69) is 21.3 Å². The van der Waals surface area contributed by atoms with E-state index in [4.69, 9.17) is 10.8 Å². The van der Waals surface area contributed by atoms with Crippen molar-refractivity contribution in [2.45, 2.75) is 90.4 Å². The van der Waals surface area contributed by atoms with Crippen molar-refractivity contribution in [2.75, 3.05) is 32.7 Å². The normalized spacial score (nSPS) is 20.2. The molecule has 0 aromatic rings. The number of likely N-dealkylation sites (tertiary alicyclic amines) is 2. The lowest BCUT2D eigenvalue weighted by Crippen LogP contribution is -2.57. The minimum Gasteiger partial charge on any atom is -0.480 e. The summed E-state index contributed by atoms with van der Waals surface area (Å²) in [6.07, 6.45) is 2.83. The molecule has 2 aliphatic rings. The first-order chi connectivity index (χ1) is 20.3. The van der Waals surface area contributed by atoms with E-state index in [-0.39, 0.29) is 37.4 Å². The molecule has 0 aromatic carbocycles. The van der Waals surface area contributed by atoms with Crippen molar-refractivity contribution in [1.82, 2.24) is 31.1 Å². The average Bonchev–Trinajstić information content (AvgIpc) is 3.66. The Morgan fingerprint density at radius 3 is 2.02 bits per heavy atom. The van der Waals surface area contributed by atoms with Crippen molar-refractivity contribution in [1.29, 1.82) is 0 Å². The van der Waals surface area contributed by atoms with Crippen LogP contribution in [0.15, 0.2) is 0 Å². The number of amides is 6. The maximum Gasteiger partial charge on any atom is 0.322 e. The number of hydrogen-bond acceptors (Lipinski definition) is 8. The second kappa shape index (κ2) is 16.8. The van der Waals surface area contributed by atoms with E-state index in [0.717, 1.165) is 0 Å². The predicted molar refractivity (Wildman–Crippen MR) is 155 cm³/mol. The van der Waals surface area contributed by atoms with Crippen LogP contribution < -0.4 is 27.0 Å². The van der Waals surface area contributed by atoms with Crippen molar-refractivity contribution >= 4 is 41.4 Å². The summed E-state index contributed by atoms with van der Waals surface area (Å²) in [7, 11) is 0. The lowest BCUT2D eigenvalue weighted by atomic mass is 9.97. The summed E-state index contributed by atoms with van der Waals surface area (Å²) in [5.74, 6) is -4.38. The number of nitrogens with zero attached hydrogens (tertiary/aromatic N) is 2. The number of carbonyl (C=O) groups excluding carboxylic acids is 6. The fraction of sp³-hybridized carbons (Fsp3) is 0.750. The van der Waals surface area contributed by atoms with Gasteiger partial charge in [0.25, 0.3) is 0 Å². The Balaban J connectivity index is 2.02. The second-order valence-electron chi connectivity index (χ2n) is 11.6. The first-order valence-corrected chi connectivity index (χ1v) is 15.0. The molecule has 0 unspecified atom stereocenters. The molecule has 43 heavy (non-hydrogen) atoms. The minimum atomic E-state index is -1.21. The molecule has 242 valence electrons. The Bertz CT molecular complexity index is 1050. The van der Waals surface area contributed by atoms with E-state index < -0.39 is 66.2 Å². The summed E-state index contributed by atoms with van der Waals surface area (Å²) >= 11 is 0. The Hall–Kier alpha value is -3.75. The standard InChI is InChI=1S/C28H47N7O8/c1-5-17(4)24(27(42)31-15-23(38)39)33-26(41)20-9-6-10-34(20)22(37)14-30-25(40)19-8-7-11-35(19)28(43)18(12-16(2)3)32-21(36)13-29/h16-20,24H,5-15,29H2,1-4H3,(H,30,40)(H,31,42)(H,32,36)(H,33,41)(H,38,39)/t17-,18-,19-,20-,24-/m0/s1.